The van der Waals surface area contributed by atoms with Gasteiger partial charge in [0.25, 0.3) is 0 Å². The van der Waals surface area contributed by atoms with E-state index in [1.807, 2.05) is 0 Å². The fourth-order valence-electron chi connectivity index (χ4n) is 9.76. The molecule has 0 aliphatic heterocycles. The van der Waals surface area contributed by atoms with Gasteiger partial charge in [0.1, 0.15) is 0 Å². The Morgan fingerprint density at radius 1 is 0.284 bits per heavy atom. The van der Waals surface area contributed by atoms with Crippen LogP contribution in [0.25, 0.3) is 0 Å². The van der Waals surface area contributed by atoms with Crippen LogP contribution in [0.15, 0.2) is 0 Å². The van der Waals surface area contributed by atoms with Crippen LogP contribution >= 0.6 is 0 Å². The molecule has 0 aromatic carbocycles. The first-order valence-corrected chi connectivity index (χ1v) is 30.1. The summed E-state index contributed by atoms with van der Waals surface area (Å²) in [6.45, 7) is 17.4. The molecule has 7 heteroatoms. The Kier molecular flexibility index (Phi) is 64.4. The van der Waals surface area contributed by atoms with Gasteiger partial charge in [0.15, 0.2) is 0 Å². The van der Waals surface area contributed by atoms with E-state index in [1.54, 1.807) is 0 Å². The molecule has 0 bridgehead atoms. The van der Waals surface area contributed by atoms with Crippen LogP contribution in [0.5, 0.6) is 0 Å². The Morgan fingerprint density at radius 3 is 0.552 bits per heavy atom. The topological polar surface area (TPSA) is 86.7 Å². The van der Waals surface area contributed by atoms with Gasteiger partial charge in [-0.05, 0) is 65.7 Å². The maximum atomic E-state index is 11.1. The number of carbonyl (C=O) groups is 2. The van der Waals surface area contributed by atoms with E-state index in [0.29, 0.717) is 0 Å². The first-order chi connectivity index (χ1) is 32.2. The quantitative estimate of drug-likeness (QED) is 0.0446. The van der Waals surface area contributed by atoms with Crippen LogP contribution in [0.2, 0.25) is 0 Å². The summed E-state index contributed by atoms with van der Waals surface area (Å²) < 4.78 is 0. The zero-order chi connectivity index (χ0) is 48.8. The third-order valence-electron chi connectivity index (χ3n) is 14.4. The average molecular weight is 974 g/mol. The van der Waals surface area contributed by atoms with E-state index in [-0.39, 0.29) is 62.7 Å². The van der Waals surface area contributed by atoms with Crippen molar-refractivity contribution in [3.05, 3.63) is 0 Å². The molecule has 0 aliphatic rings. The number of unbranched alkanes of at least 4 members (excludes halogenated alkanes) is 40. The standard InChI is InChI=1S/2C30H61NO2.Ca/c2*1-4-6-8-10-12-14-16-18-20-22-24-26-31(29(3)28-30(32)33)27-25-23-21-19-17-15-13-11-9-7-5-2;/h2*29H,4-28H2,1-3H3,(H,32,33);/q;;+2/p-2. The van der Waals surface area contributed by atoms with E-state index in [0.717, 1.165) is 26.2 Å². The molecule has 0 radical (unpaired) electrons. The molecule has 6 nitrogen and oxygen atoms in total. The van der Waals surface area contributed by atoms with Crippen LogP contribution in [-0.4, -0.2) is 97.7 Å². The van der Waals surface area contributed by atoms with Crippen molar-refractivity contribution in [2.45, 2.75) is 349 Å². The SMILES string of the molecule is CCCCCCCCCCCCCN(CCCCCCCCCCCCC)C(C)CC(=O)[O-].CCCCCCCCCCCCCN(CCCCCCCCCCCCC)C(C)CC(=O)[O-].[Ca+2]. The largest absolute Gasteiger partial charge is 2.00 e. The monoisotopic (exact) mass is 973 g/mol. The van der Waals surface area contributed by atoms with Crippen LogP contribution < -0.4 is 10.2 Å². The van der Waals surface area contributed by atoms with Gasteiger partial charge in [-0.15, -0.1) is 0 Å². The van der Waals surface area contributed by atoms with Gasteiger partial charge in [0, 0.05) is 36.9 Å². The number of aliphatic carboxylic acids is 2. The van der Waals surface area contributed by atoms with Crippen molar-refractivity contribution in [2.75, 3.05) is 26.2 Å². The molecule has 0 aromatic heterocycles. The summed E-state index contributed by atoms with van der Waals surface area (Å²) in [5, 5.41) is 22.2. The van der Waals surface area contributed by atoms with Crippen molar-refractivity contribution in [2.24, 2.45) is 0 Å². The molecule has 396 valence electrons. The summed E-state index contributed by atoms with van der Waals surface area (Å²) in [5.74, 6) is -1.82. The molecular formula is C60H120CaN2O4. The number of nitrogens with zero attached hydrogens (tertiary/aromatic N) is 2. The fraction of sp³-hybridized carbons (Fsp3) is 0.967. The van der Waals surface area contributed by atoms with Crippen LogP contribution in [0.1, 0.15) is 337 Å². The first-order valence-electron chi connectivity index (χ1n) is 30.1. The summed E-state index contributed by atoms with van der Waals surface area (Å²) in [5.41, 5.74) is 0. The van der Waals surface area contributed by atoms with Gasteiger partial charge in [-0.25, -0.2) is 0 Å². The Balaban J connectivity index is -0.00000120. The van der Waals surface area contributed by atoms with Crippen molar-refractivity contribution >= 4 is 49.7 Å². The first kappa shape index (κ1) is 71.4. The normalized spacial score (nSPS) is 12.3. The predicted molar refractivity (Wildman–Crippen MR) is 293 cm³/mol. The zero-order valence-electron chi connectivity index (χ0n) is 46.7. The van der Waals surface area contributed by atoms with E-state index in [2.05, 4.69) is 51.3 Å². The molecule has 0 aromatic rings. The molecule has 0 heterocycles. The molecule has 0 saturated carbocycles. The van der Waals surface area contributed by atoms with Gasteiger partial charge in [-0.1, -0.05) is 285 Å². The fourth-order valence-corrected chi connectivity index (χ4v) is 9.76. The Hall–Kier alpha value is 0.120. The number of carboxylic acids is 2. The van der Waals surface area contributed by atoms with Crippen LogP contribution in [0.4, 0.5) is 0 Å². The second-order valence-electron chi connectivity index (χ2n) is 21.1. The van der Waals surface area contributed by atoms with Crippen molar-refractivity contribution in [1.29, 1.82) is 0 Å². The van der Waals surface area contributed by atoms with Crippen molar-refractivity contribution in [1.82, 2.24) is 9.80 Å². The molecule has 0 saturated heterocycles. The van der Waals surface area contributed by atoms with E-state index < -0.39 is 11.9 Å². The molecular weight excluding hydrogens is 853 g/mol. The smallest absolute Gasteiger partial charge is 0.550 e. The molecule has 67 heavy (non-hydrogen) atoms. The molecule has 0 amide bonds. The van der Waals surface area contributed by atoms with E-state index >= 15 is 0 Å². The van der Waals surface area contributed by atoms with Crippen molar-refractivity contribution < 1.29 is 19.8 Å². The van der Waals surface area contributed by atoms with Gasteiger partial charge in [-0.3, -0.25) is 0 Å². The molecule has 2 atom stereocenters. The molecule has 2 unspecified atom stereocenters. The van der Waals surface area contributed by atoms with Crippen LogP contribution in [-0.2, 0) is 9.59 Å². The number of carboxylic acid groups (broad SMARTS) is 2. The summed E-state index contributed by atoms with van der Waals surface area (Å²) in [7, 11) is 0. The summed E-state index contributed by atoms with van der Waals surface area (Å²) in [4.78, 5) is 27.0. The second-order valence-corrected chi connectivity index (χ2v) is 21.1. The average Bonchev–Trinajstić information content (AvgIpc) is 3.29. The van der Waals surface area contributed by atoms with Crippen LogP contribution in [0, 0.1) is 0 Å². The maximum Gasteiger partial charge on any atom is 2.00 e. The van der Waals surface area contributed by atoms with Crippen molar-refractivity contribution in [3.63, 3.8) is 0 Å². The van der Waals surface area contributed by atoms with Gasteiger partial charge >= 0.3 is 37.7 Å². The van der Waals surface area contributed by atoms with Crippen molar-refractivity contribution in [3.8, 4) is 0 Å². The minimum absolute atomic E-state index is 0. The number of rotatable bonds is 54. The van der Waals surface area contributed by atoms with E-state index in [1.165, 1.54) is 283 Å². The van der Waals surface area contributed by atoms with E-state index in [4.69, 9.17) is 0 Å². The van der Waals surface area contributed by atoms with Gasteiger partial charge in [0.2, 0.25) is 0 Å². The minimum Gasteiger partial charge on any atom is -0.550 e. The Morgan fingerprint density at radius 2 is 0.418 bits per heavy atom. The molecule has 0 fully saturated rings. The van der Waals surface area contributed by atoms with Gasteiger partial charge in [-0.2, -0.15) is 0 Å². The predicted octanol–water partition coefficient (Wildman–Crippen LogP) is 16.5. The Bertz CT molecular complexity index is 827. The summed E-state index contributed by atoms with van der Waals surface area (Å²) >= 11 is 0. The number of carbonyl (C=O) groups excluding carboxylic acids is 2. The summed E-state index contributed by atoms with van der Waals surface area (Å²) in [6.07, 6.45) is 60.0. The van der Waals surface area contributed by atoms with Gasteiger partial charge < -0.3 is 29.6 Å². The van der Waals surface area contributed by atoms with Gasteiger partial charge in [0.05, 0.1) is 0 Å². The Labute approximate surface area is 451 Å². The second kappa shape index (κ2) is 60.4. The zero-order valence-corrected chi connectivity index (χ0v) is 49.0. The molecule has 0 rings (SSSR count). The number of hydrogen-bond donors (Lipinski definition) is 0. The molecule has 0 N–H and O–H groups in total. The third kappa shape index (κ3) is 58.6. The minimum atomic E-state index is -0.912. The maximum absolute atomic E-state index is 11.1. The molecule has 0 aliphatic carbocycles. The van der Waals surface area contributed by atoms with Crippen LogP contribution in [0.3, 0.4) is 0 Å². The van der Waals surface area contributed by atoms with E-state index in [9.17, 15) is 19.8 Å². The third-order valence-corrected chi connectivity index (χ3v) is 14.4. The number of hydrogen-bond acceptors (Lipinski definition) is 6. The molecule has 0 spiro atoms. The summed E-state index contributed by atoms with van der Waals surface area (Å²) in [6, 6.07) is 0.197.